The van der Waals surface area contributed by atoms with Gasteiger partial charge in [-0.15, -0.1) is 0 Å². The van der Waals surface area contributed by atoms with Crippen LogP contribution < -0.4 is 0 Å². The zero-order valence-electron chi connectivity index (χ0n) is 21.2. The highest BCUT2D eigenvalue weighted by atomic mass is 35.5. The van der Waals surface area contributed by atoms with Crippen LogP contribution in [0.3, 0.4) is 0 Å². The van der Waals surface area contributed by atoms with Crippen LogP contribution in [0.5, 0.6) is 0 Å². The van der Waals surface area contributed by atoms with Crippen molar-refractivity contribution in [1.82, 2.24) is 14.8 Å². The van der Waals surface area contributed by atoms with E-state index in [1.165, 1.54) is 6.33 Å². The number of hydrogen-bond donors (Lipinski definition) is 1. The first-order chi connectivity index (χ1) is 16.2. The summed E-state index contributed by atoms with van der Waals surface area (Å²) in [5.74, 6) is 0. The van der Waals surface area contributed by atoms with Gasteiger partial charge in [-0.25, -0.2) is 9.67 Å². The number of aryl methyl sites for hydroxylation is 1. The molecule has 1 unspecified atom stereocenters. The van der Waals surface area contributed by atoms with Gasteiger partial charge in [0.15, 0.2) is 10.3 Å². The summed E-state index contributed by atoms with van der Waals surface area (Å²) in [6.07, 6.45) is 8.05. The van der Waals surface area contributed by atoms with E-state index in [1.54, 1.807) is 4.68 Å². The van der Waals surface area contributed by atoms with Gasteiger partial charge in [0.2, 0.25) is 0 Å². The zero-order valence-corrected chi connectivity index (χ0v) is 22.7. The quantitative estimate of drug-likeness (QED) is 0.346. The molecule has 0 saturated heterocycles. The van der Waals surface area contributed by atoms with E-state index in [0.717, 1.165) is 84.0 Å². The number of hydrogen-bond acceptors (Lipinski definition) is 5. The van der Waals surface area contributed by atoms with Crippen molar-refractivity contribution in [3.63, 3.8) is 0 Å². The highest BCUT2D eigenvalue weighted by molar-refractivity contribution is 8.13. The summed E-state index contributed by atoms with van der Waals surface area (Å²) in [5.41, 5.74) is 2.89. The molecule has 1 aromatic heterocycles. The smallest absolute Gasteiger partial charge is 0.196 e. The number of halogens is 1. The number of aromatic nitrogens is 3. The standard InChI is InChI=1S/C27H38ClN3O2S/c1-6-10-11-24(32)34-25-29-18-30-31(25)17-27(33)22(14-15-26(27,8-3)9-4)20(7-2)21-13-12-19(5)16-23(21)28/h12-13,16,18,33H,6-11,14-15,17H2,1-5H3/b22-20+. The van der Waals surface area contributed by atoms with Crippen LogP contribution in [0, 0.1) is 12.3 Å². The Kier molecular flexibility index (Phi) is 9.04. The molecule has 1 fully saturated rings. The predicted octanol–water partition coefficient (Wildman–Crippen LogP) is 7.24. The third kappa shape index (κ3) is 5.14. The average Bonchev–Trinajstić information content (AvgIpc) is 3.36. The monoisotopic (exact) mass is 503 g/mol. The summed E-state index contributed by atoms with van der Waals surface area (Å²) < 4.78 is 1.73. The number of thioether (sulfide) groups is 1. The molecule has 7 heteroatoms. The molecule has 0 amide bonds. The summed E-state index contributed by atoms with van der Waals surface area (Å²) in [6, 6.07) is 6.14. The maximum Gasteiger partial charge on any atom is 0.196 e. The van der Waals surface area contributed by atoms with Gasteiger partial charge in [-0.3, -0.25) is 4.79 Å². The van der Waals surface area contributed by atoms with E-state index in [9.17, 15) is 9.90 Å². The van der Waals surface area contributed by atoms with Crippen molar-refractivity contribution in [2.75, 3.05) is 0 Å². The molecule has 1 aliphatic carbocycles. The van der Waals surface area contributed by atoms with E-state index in [4.69, 9.17) is 11.6 Å². The number of carbonyl (C=O) groups excluding carboxylic acids is 1. The average molecular weight is 504 g/mol. The third-order valence-electron chi connectivity index (χ3n) is 7.65. The fourth-order valence-corrected chi connectivity index (χ4v) is 6.63. The fraction of sp³-hybridized carbons (Fsp3) is 0.593. The van der Waals surface area contributed by atoms with Gasteiger partial charge in [-0.05, 0) is 85.6 Å². The van der Waals surface area contributed by atoms with Crippen molar-refractivity contribution in [2.45, 2.75) is 103 Å². The number of nitrogens with zero attached hydrogens (tertiary/aromatic N) is 3. The molecule has 1 atom stereocenters. The van der Waals surface area contributed by atoms with Gasteiger partial charge in [-0.1, -0.05) is 57.8 Å². The van der Waals surface area contributed by atoms with E-state index >= 15 is 0 Å². The Morgan fingerprint density at radius 1 is 1.24 bits per heavy atom. The summed E-state index contributed by atoms with van der Waals surface area (Å²) in [7, 11) is 0. The maximum absolute atomic E-state index is 12.6. The van der Waals surface area contributed by atoms with Gasteiger partial charge in [0, 0.05) is 16.9 Å². The Morgan fingerprint density at radius 2 is 1.97 bits per heavy atom. The number of aliphatic hydroxyl groups is 1. The second-order valence-electron chi connectivity index (χ2n) is 9.42. The Labute approximate surface area is 213 Å². The van der Waals surface area contributed by atoms with Gasteiger partial charge in [0.1, 0.15) is 11.9 Å². The summed E-state index contributed by atoms with van der Waals surface area (Å²) in [4.78, 5) is 16.8. The molecule has 0 aliphatic heterocycles. The Bertz CT molecular complexity index is 1040. The van der Waals surface area contributed by atoms with Crippen molar-refractivity contribution in [3.05, 3.63) is 46.2 Å². The minimum atomic E-state index is -1.11. The van der Waals surface area contributed by atoms with Crippen molar-refractivity contribution in [2.24, 2.45) is 5.41 Å². The van der Waals surface area contributed by atoms with Crippen LogP contribution in [0.25, 0.3) is 5.57 Å². The second kappa shape index (κ2) is 11.4. The van der Waals surface area contributed by atoms with Crippen LogP contribution >= 0.6 is 23.4 Å². The van der Waals surface area contributed by atoms with E-state index in [1.807, 2.05) is 13.0 Å². The highest BCUT2D eigenvalue weighted by Crippen LogP contribution is 2.57. The molecule has 2 aromatic rings. The van der Waals surface area contributed by atoms with Crippen molar-refractivity contribution in [3.8, 4) is 0 Å². The highest BCUT2D eigenvalue weighted by Gasteiger charge is 2.56. The van der Waals surface area contributed by atoms with Gasteiger partial charge in [0.05, 0.1) is 6.54 Å². The lowest BCUT2D eigenvalue weighted by Crippen LogP contribution is -2.48. The van der Waals surface area contributed by atoms with E-state index in [0.29, 0.717) is 11.6 Å². The van der Waals surface area contributed by atoms with E-state index < -0.39 is 5.60 Å². The molecule has 1 heterocycles. The molecule has 1 aromatic carbocycles. The molecule has 0 spiro atoms. The van der Waals surface area contributed by atoms with Crippen LogP contribution in [0.4, 0.5) is 0 Å². The Hall–Kier alpha value is -1.63. The van der Waals surface area contributed by atoms with Gasteiger partial charge in [0.25, 0.3) is 0 Å². The molecule has 1 aliphatic rings. The number of rotatable bonds is 10. The minimum Gasteiger partial charge on any atom is -0.383 e. The van der Waals surface area contributed by atoms with Crippen LogP contribution in [0.1, 0.15) is 90.2 Å². The minimum absolute atomic E-state index is 0.0863. The topological polar surface area (TPSA) is 68.0 Å². The fourth-order valence-electron chi connectivity index (χ4n) is 5.51. The molecule has 5 nitrogen and oxygen atoms in total. The number of benzene rings is 1. The van der Waals surface area contributed by atoms with Gasteiger partial charge < -0.3 is 5.11 Å². The predicted molar refractivity (Wildman–Crippen MR) is 141 cm³/mol. The first-order valence-corrected chi connectivity index (χ1v) is 13.7. The van der Waals surface area contributed by atoms with E-state index in [2.05, 4.69) is 49.9 Å². The van der Waals surface area contributed by atoms with Crippen molar-refractivity contribution in [1.29, 1.82) is 0 Å². The Morgan fingerprint density at radius 3 is 2.59 bits per heavy atom. The molecule has 186 valence electrons. The summed E-state index contributed by atoms with van der Waals surface area (Å²) in [6.45, 7) is 10.8. The van der Waals surface area contributed by atoms with Crippen molar-refractivity contribution >= 4 is 34.1 Å². The number of carbonyl (C=O) groups is 1. The lowest BCUT2D eigenvalue weighted by molar-refractivity contribution is -0.111. The molecule has 1 N–H and O–H groups in total. The molecule has 1 saturated carbocycles. The lowest BCUT2D eigenvalue weighted by Gasteiger charge is -2.43. The zero-order chi connectivity index (χ0) is 24.9. The number of unbranched alkanes of at least 4 members (excludes halogenated alkanes) is 1. The van der Waals surface area contributed by atoms with Gasteiger partial charge >= 0.3 is 0 Å². The first kappa shape index (κ1) is 27.0. The SMILES string of the molecule is CCCCC(=O)Sc1ncnn1CC1(O)/C(=C(\CC)c2ccc(C)cc2Cl)CCC1(CC)CC. The third-order valence-corrected chi connectivity index (χ3v) is 8.89. The van der Waals surface area contributed by atoms with Crippen LogP contribution in [0.2, 0.25) is 5.02 Å². The van der Waals surface area contributed by atoms with Crippen LogP contribution in [-0.2, 0) is 11.3 Å². The van der Waals surface area contributed by atoms with Gasteiger partial charge in [-0.2, -0.15) is 5.10 Å². The first-order valence-electron chi connectivity index (χ1n) is 12.5. The molecule has 34 heavy (non-hydrogen) atoms. The summed E-state index contributed by atoms with van der Waals surface area (Å²) in [5, 5.41) is 18.3. The normalized spacial score (nSPS) is 21.1. The maximum atomic E-state index is 12.6. The van der Waals surface area contributed by atoms with Crippen LogP contribution in [0.15, 0.2) is 35.3 Å². The molecule has 0 radical (unpaired) electrons. The molecular weight excluding hydrogens is 466 g/mol. The number of allylic oxidation sites excluding steroid dienone is 1. The second-order valence-corrected chi connectivity index (χ2v) is 10.9. The molecular formula is C27H38ClN3O2S. The molecule has 0 bridgehead atoms. The van der Waals surface area contributed by atoms with Crippen molar-refractivity contribution < 1.29 is 9.90 Å². The van der Waals surface area contributed by atoms with E-state index in [-0.39, 0.29) is 17.1 Å². The Balaban J connectivity index is 2.08. The molecule has 3 rings (SSSR count). The summed E-state index contributed by atoms with van der Waals surface area (Å²) >= 11 is 7.83. The largest absolute Gasteiger partial charge is 0.383 e. The lowest BCUT2D eigenvalue weighted by atomic mass is 9.68. The van der Waals surface area contributed by atoms with Crippen LogP contribution in [-0.4, -0.2) is 30.6 Å².